The zero-order chi connectivity index (χ0) is 18.8. The number of benzene rings is 2. The Bertz CT molecular complexity index is 1110. The Morgan fingerprint density at radius 1 is 1.22 bits per heavy atom. The van der Waals surface area contributed by atoms with Crippen LogP contribution in [0.1, 0.15) is 5.56 Å². The van der Waals surface area contributed by atoms with E-state index in [1.54, 1.807) is 31.2 Å². The van der Waals surface area contributed by atoms with Crippen LogP contribution in [0.15, 0.2) is 48.5 Å². The van der Waals surface area contributed by atoms with E-state index in [0.29, 0.717) is 32.8 Å². The van der Waals surface area contributed by atoms with Crippen LogP contribution in [0.3, 0.4) is 0 Å². The molecule has 27 heavy (non-hydrogen) atoms. The van der Waals surface area contributed by atoms with Gasteiger partial charge in [0, 0.05) is 5.56 Å². The Balaban J connectivity index is 1.50. The Morgan fingerprint density at radius 3 is 2.81 bits per heavy atom. The van der Waals surface area contributed by atoms with Gasteiger partial charge in [-0.05, 0) is 30.7 Å². The topological polar surface area (TPSA) is 81.4 Å². The molecule has 0 bridgehead atoms. The van der Waals surface area contributed by atoms with Crippen molar-refractivity contribution in [3.63, 3.8) is 0 Å². The fourth-order valence-corrected chi connectivity index (χ4v) is 3.16. The summed E-state index contributed by atoms with van der Waals surface area (Å²) >= 11 is 1.17. The number of nitrogens with one attached hydrogen (secondary N) is 1. The van der Waals surface area contributed by atoms with E-state index >= 15 is 0 Å². The summed E-state index contributed by atoms with van der Waals surface area (Å²) in [4.78, 5) is 12.5. The van der Waals surface area contributed by atoms with Crippen LogP contribution in [0.25, 0.3) is 16.3 Å². The lowest BCUT2D eigenvalue weighted by molar-refractivity contribution is -0.118. The van der Waals surface area contributed by atoms with Gasteiger partial charge in [-0.1, -0.05) is 41.7 Å². The number of amides is 1. The largest absolute Gasteiger partial charge is 0.484 e. The van der Waals surface area contributed by atoms with Crippen LogP contribution in [0, 0.1) is 12.7 Å². The summed E-state index contributed by atoms with van der Waals surface area (Å²) in [6, 6.07) is 13.9. The Labute approximate surface area is 157 Å². The van der Waals surface area contributed by atoms with Crippen molar-refractivity contribution in [3.8, 4) is 17.1 Å². The first kappa shape index (κ1) is 17.1. The highest BCUT2D eigenvalue weighted by atomic mass is 32.1. The van der Waals surface area contributed by atoms with Crippen LogP contribution in [0.5, 0.6) is 5.75 Å². The number of aryl methyl sites for hydroxylation is 1. The van der Waals surface area contributed by atoms with E-state index in [4.69, 9.17) is 4.74 Å². The molecule has 2 heterocycles. The first-order chi connectivity index (χ1) is 13.1. The zero-order valence-electron chi connectivity index (χ0n) is 14.2. The lowest BCUT2D eigenvalue weighted by Gasteiger charge is -2.04. The van der Waals surface area contributed by atoms with E-state index < -0.39 is 0 Å². The minimum atomic E-state index is -0.341. The van der Waals surface area contributed by atoms with Gasteiger partial charge in [0.2, 0.25) is 10.1 Å². The van der Waals surface area contributed by atoms with Gasteiger partial charge in [-0.3, -0.25) is 10.1 Å². The van der Waals surface area contributed by atoms with Crippen LogP contribution in [-0.4, -0.2) is 32.3 Å². The quantitative estimate of drug-likeness (QED) is 0.572. The SMILES string of the molecule is Cc1ccc(-c2nnc3sc(NC(=O)COc4ccccc4)nn23)cc1F. The summed E-state index contributed by atoms with van der Waals surface area (Å²) in [6.45, 7) is 1.55. The lowest BCUT2D eigenvalue weighted by Crippen LogP contribution is -2.20. The van der Waals surface area contributed by atoms with Gasteiger partial charge in [0.1, 0.15) is 11.6 Å². The molecule has 0 radical (unpaired) electrons. The van der Waals surface area contributed by atoms with Crippen molar-refractivity contribution in [3.05, 3.63) is 59.9 Å². The molecule has 2 aromatic carbocycles. The maximum Gasteiger partial charge on any atom is 0.264 e. The first-order valence-electron chi connectivity index (χ1n) is 8.06. The molecule has 4 aromatic rings. The van der Waals surface area contributed by atoms with Crippen molar-refractivity contribution in [1.29, 1.82) is 0 Å². The predicted molar refractivity (Wildman–Crippen MR) is 99.4 cm³/mol. The number of halogens is 1. The zero-order valence-corrected chi connectivity index (χ0v) is 15.0. The number of hydrogen-bond acceptors (Lipinski definition) is 6. The monoisotopic (exact) mass is 383 g/mol. The molecule has 0 aliphatic heterocycles. The number of carbonyl (C=O) groups excluding carboxylic acids is 1. The number of para-hydroxylation sites is 1. The smallest absolute Gasteiger partial charge is 0.264 e. The molecule has 4 rings (SSSR count). The number of fused-ring (bicyclic) bond motifs is 1. The van der Waals surface area contributed by atoms with Crippen LogP contribution < -0.4 is 10.1 Å². The molecule has 0 aliphatic carbocycles. The van der Waals surface area contributed by atoms with Crippen LogP contribution in [-0.2, 0) is 4.79 Å². The van der Waals surface area contributed by atoms with Gasteiger partial charge in [-0.2, -0.15) is 4.52 Å². The molecule has 2 aromatic heterocycles. The normalized spacial score (nSPS) is 10.9. The maximum atomic E-state index is 13.8. The fourth-order valence-electron chi connectivity index (χ4n) is 2.40. The molecule has 136 valence electrons. The molecule has 1 amide bonds. The van der Waals surface area contributed by atoms with Crippen molar-refractivity contribution >= 4 is 27.3 Å². The summed E-state index contributed by atoms with van der Waals surface area (Å²) in [7, 11) is 0. The summed E-state index contributed by atoms with van der Waals surface area (Å²) in [5, 5.41) is 15.4. The van der Waals surface area contributed by atoms with Gasteiger partial charge in [0.15, 0.2) is 12.4 Å². The molecular formula is C18H14FN5O2S. The molecule has 9 heteroatoms. The number of anilines is 1. The van der Waals surface area contributed by atoms with Gasteiger partial charge < -0.3 is 4.74 Å². The number of rotatable bonds is 5. The van der Waals surface area contributed by atoms with Gasteiger partial charge >= 0.3 is 0 Å². The van der Waals surface area contributed by atoms with Crippen LogP contribution in [0.4, 0.5) is 9.52 Å². The number of nitrogens with zero attached hydrogens (tertiary/aromatic N) is 4. The molecule has 0 unspecified atom stereocenters. The van der Waals surface area contributed by atoms with Crippen molar-refractivity contribution in [2.75, 3.05) is 11.9 Å². The van der Waals surface area contributed by atoms with E-state index in [9.17, 15) is 9.18 Å². The molecule has 1 N–H and O–H groups in total. The summed E-state index contributed by atoms with van der Waals surface area (Å²) in [5.41, 5.74) is 1.10. The average molecular weight is 383 g/mol. The van der Waals surface area contributed by atoms with Crippen LogP contribution >= 0.6 is 11.3 Å². The Morgan fingerprint density at radius 2 is 2.04 bits per heavy atom. The van der Waals surface area contributed by atoms with Gasteiger partial charge in [0.05, 0.1) is 0 Å². The number of ether oxygens (including phenoxy) is 1. The summed E-state index contributed by atoms with van der Waals surface area (Å²) < 4.78 is 20.7. The molecule has 0 saturated carbocycles. The van der Waals surface area contributed by atoms with Crippen molar-refractivity contribution in [2.24, 2.45) is 0 Å². The van der Waals surface area contributed by atoms with E-state index in [1.165, 1.54) is 21.9 Å². The second kappa shape index (κ2) is 7.12. The molecule has 0 atom stereocenters. The van der Waals surface area contributed by atoms with Gasteiger partial charge in [-0.25, -0.2) is 4.39 Å². The lowest BCUT2D eigenvalue weighted by atomic mass is 10.1. The third kappa shape index (κ3) is 3.63. The Hall–Kier alpha value is -3.33. The van der Waals surface area contributed by atoms with E-state index in [-0.39, 0.29) is 18.3 Å². The highest BCUT2D eigenvalue weighted by Gasteiger charge is 2.16. The van der Waals surface area contributed by atoms with Gasteiger partial charge in [0.25, 0.3) is 5.91 Å². The highest BCUT2D eigenvalue weighted by Crippen LogP contribution is 2.25. The third-order valence-corrected chi connectivity index (χ3v) is 4.59. The minimum Gasteiger partial charge on any atom is -0.484 e. The molecule has 7 nitrogen and oxygen atoms in total. The van der Waals surface area contributed by atoms with Crippen molar-refractivity contribution < 1.29 is 13.9 Å². The molecule has 0 saturated heterocycles. The predicted octanol–water partition coefficient (Wildman–Crippen LogP) is 3.32. The molecule has 0 spiro atoms. The summed E-state index contributed by atoms with van der Waals surface area (Å²) in [6.07, 6.45) is 0. The number of aromatic nitrogens is 4. The fraction of sp³-hybridized carbons (Fsp3) is 0.111. The number of carbonyl (C=O) groups is 1. The molecule has 0 fully saturated rings. The highest BCUT2D eigenvalue weighted by molar-refractivity contribution is 7.20. The van der Waals surface area contributed by atoms with Gasteiger partial charge in [-0.15, -0.1) is 15.3 Å². The average Bonchev–Trinajstić information content (AvgIpc) is 3.23. The van der Waals surface area contributed by atoms with E-state index in [1.807, 2.05) is 18.2 Å². The van der Waals surface area contributed by atoms with E-state index in [0.717, 1.165) is 0 Å². The van der Waals surface area contributed by atoms with Crippen LogP contribution in [0.2, 0.25) is 0 Å². The second-order valence-electron chi connectivity index (χ2n) is 5.74. The maximum absolute atomic E-state index is 13.8. The Kier molecular flexibility index (Phi) is 4.51. The minimum absolute atomic E-state index is 0.139. The number of hydrogen-bond donors (Lipinski definition) is 1. The molecular weight excluding hydrogens is 369 g/mol. The summed E-state index contributed by atoms with van der Waals surface area (Å²) in [5.74, 6) is 0.341. The van der Waals surface area contributed by atoms with Crippen molar-refractivity contribution in [1.82, 2.24) is 19.8 Å². The molecule has 0 aliphatic rings. The van der Waals surface area contributed by atoms with Crippen molar-refractivity contribution in [2.45, 2.75) is 6.92 Å². The second-order valence-corrected chi connectivity index (χ2v) is 6.70. The van der Waals surface area contributed by atoms with E-state index in [2.05, 4.69) is 20.6 Å². The standard InChI is InChI=1S/C18H14FN5O2S/c1-11-7-8-12(9-14(11)19)16-21-22-18-24(16)23-17(27-18)20-15(25)10-26-13-5-3-2-4-6-13/h2-9H,10H2,1H3,(H,20,23,25). The third-order valence-electron chi connectivity index (χ3n) is 3.78. The first-order valence-corrected chi connectivity index (χ1v) is 8.88.